The van der Waals surface area contributed by atoms with Gasteiger partial charge in [-0.05, 0) is 19.3 Å². The first-order valence-corrected chi connectivity index (χ1v) is 5.48. The van der Waals surface area contributed by atoms with Crippen molar-refractivity contribution in [1.82, 2.24) is 5.01 Å². The molecule has 0 atom stereocenters. The van der Waals surface area contributed by atoms with E-state index in [1.807, 2.05) is 0 Å². The van der Waals surface area contributed by atoms with Crippen LogP contribution in [-0.4, -0.2) is 17.6 Å². The molecule has 0 bridgehead atoms. The van der Waals surface area contributed by atoms with Gasteiger partial charge in [-0.3, -0.25) is 5.01 Å². The Balaban J connectivity index is 2.30. The molecule has 0 aromatic carbocycles. The van der Waals surface area contributed by atoms with E-state index >= 15 is 0 Å². The van der Waals surface area contributed by atoms with E-state index in [0.717, 1.165) is 32.2 Å². The summed E-state index contributed by atoms with van der Waals surface area (Å²) in [7, 11) is 0. The summed E-state index contributed by atoms with van der Waals surface area (Å²) in [4.78, 5) is 10.6. The summed E-state index contributed by atoms with van der Waals surface area (Å²) < 4.78 is 0. The van der Waals surface area contributed by atoms with Crippen molar-refractivity contribution in [3.05, 3.63) is 4.91 Å². The van der Waals surface area contributed by atoms with E-state index in [1.165, 1.54) is 19.3 Å². The van der Waals surface area contributed by atoms with Gasteiger partial charge in [-0.15, -0.1) is 4.91 Å². The number of unbranched alkanes of at least 4 members (excludes halogenated alkanes) is 1. The minimum atomic E-state index is 0.442. The zero-order valence-electron chi connectivity index (χ0n) is 8.54. The second-order valence-corrected chi connectivity index (χ2v) is 3.89. The van der Waals surface area contributed by atoms with Crippen LogP contribution in [0.5, 0.6) is 0 Å². The Morgan fingerprint density at radius 3 is 2.54 bits per heavy atom. The van der Waals surface area contributed by atoms with Crippen LogP contribution in [-0.2, 0) is 0 Å². The van der Waals surface area contributed by atoms with Gasteiger partial charge in [-0.25, -0.2) is 0 Å². The Hall–Kier alpha value is -0.600. The number of nitroso groups, excluding NO2 is 1. The van der Waals surface area contributed by atoms with Crippen LogP contribution in [0.4, 0.5) is 0 Å². The Morgan fingerprint density at radius 2 is 2.00 bits per heavy atom. The molecule has 0 N–H and O–H groups in total. The number of hydrogen-bond donors (Lipinski definition) is 0. The predicted octanol–water partition coefficient (Wildman–Crippen LogP) is 3.10. The molecule has 0 aliphatic heterocycles. The molecular formula is C10H20N2O. The van der Waals surface area contributed by atoms with Gasteiger partial charge >= 0.3 is 0 Å². The van der Waals surface area contributed by atoms with Gasteiger partial charge in [0, 0.05) is 6.54 Å². The SMILES string of the molecule is CCCCN(N=O)C1CCCCC1. The lowest BCUT2D eigenvalue weighted by atomic mass is 9.95. The van der Waals surface area contributed by atoms with Crippen LogP contribution in [0.1, 0.15) is 51.9 Å². The second kappa shape index (κ2) is 5.95. The fourth-order valence-electron chi connectivity index (χ4n) is 1.99. The number of rotatable bonds is 5. The zero-order valence-corrected chi connectivity index (χ0v) is 8.54. The quantitative estimate of drug-likeness (QED) is 0.486. The number of hydrogen-bond acceptors (Lipinski definition) is 2. The highest BCUT2D eigenvalue weighted by Crippen LogP contribution is 2.22. The van der Waals surface area contributed by atoms with Crippen molar-refractivity contribution in [3.63, 3.8) is 0 Å². The highest BCUT2D eigenvalue weighted by molar-refractivity contribution is 4.73. The summed E-state index contributed by atoms with van der Waals surface area (Å²) >= 11 is 0. The lowest BCUT2D eigenvalue weighted by Crippen LogP contribution is -2.32. The molecule has 0 radical (unpaired) electrons. The predicted molar refractivity (Wildman–Crippen MR) is 54.3 cm³/mol. The first-order chi connectivity index (χ1) is 6.38. The van der Waals surface area contributed by atoms with Crippen molar-refractivity contribution >= 4 is 0 Å². The van der Waals surface area contributed by atoms with Crippen molar-refractivity contribution in [2.24, 2.45) is 5.29 Å². The van der Waals surface area contributed by atoms with Crippen molar-refractivity contribution in [3.8, 4) is 0 Å². The summed E-state index contributed by atoms with van der Waals surface area (Å²) in [6, 6.07) is 0.442. The molecule has 3 heteroatoms. The molecule has 1 saturated carbocycles. The molecule has 1 aliphatic carbocycles. The highest BCUT2D eigenvalue weighted by Gasteiger charge is 2.19. The molecule has 3 nitrogen and oxygen atoms in total. The first kappa shape index (κ1) is 10.5. The third kappa shape index (κ3) is 3.33. The summed E-state index contributed by atoms with van der Waals surface area (Å²) in [5, 5.41) is 4.90. The molecule has 0 saturated heterocycles. The second-order valence-electron chi connectivity index (χ2n) is 3.89. The molecule has 0 aromatic heterocycles. The van der Waals surface area contributed by atoms with Crippen LogP contribution in [0.3, 0.4) is 0 Å². The van der Waals surface area contributed by atoms with Gasteiger partial charge in [0.25, 0.3) is 0 Å². The molecule has 0 heterocycles. The maximum Gasteiger partial charge on any atom is 0.0526 e. The maximum atomic E-state index is 10.6. The molecule has 13 heavy (non-hydrogen) atoms. The highest BCUT2D eigenvalue weighted by atomic mass is 16.3. The molecule has 0 spiro atoms. The normalized spacial score (nSPS) is 18.5. The third-order valence-corrected chi connectivity index (χ3v) is 2.84. The monoisotopic (exact) mass is 184 g/mol. The molecule has 0 amide bonds. The minimum absolute atomic E-state index is 0.442. The van der Waals surface area contributed by atoms with E-state index in [2.05, 4.69) is 12.2 Å². The lowest BCUT2D eigenvalue weighted by Gasteiger charge is -2.29. The van der Waals surface area contributed by atoms with Crippen molar-refractivity contribution < 1.29 is 0 Å². The smallest absolute Gasteiger partial charge is 0.0526 e. The number of nitrogens with zero attached hydrogens (tertiary/aromatic N) is 2. The van der Waals surface area contributed by atoms with Crippen LogP contribution in [0.2, 0.25) is 0 Å². The Labute approximate surface area is 80.4 Å². The van der Waals surface area contributed by atoms with Gasteiger partial charge in [0.2, 0.25) is 0 Å². The topological polar surface area (TPSA) is 32.7 Å². The fraction of sp³-hybridized carbons (Fsp3) is 1.00. The van der Waals surface area contributed by atoms with Gasteiger partial charge in [0.15, 0.2) is 0 Å². The van der Waals surface area contributed by atoms with E-state index < -0.39 is 0 Å². The van der Waals surface area contributed by atoms with Crippen molar-refractivity contribution in [2.75, 3.05) is 6.54 Å². The van der Waals surface area contributed by atoms with Gasteiger partial charge in [-0.1, -0.05) is 32.6 Å². The Kier molecular flexibility index (Phi) is 4.79. The third-order valence-electron chi connectivity index (χ3n) is 2.84. The Morgan fingerprint density at radius 1 is 1.31 bits per heavy atom. The van der Waals surface area contributed by atoms with Crippen LogP contribution >= 0.6 is 0 Å². The first-order valence-electron chi connectivity index (χ1n) is 5.48. The molecular weight excluding hydrogens is 164 g/mol. The van der Waals surface area contributed by atoms with Crippen LogP contribution in [0.15, 0.2) is 5.29 Å². The summed E-state index contributed by atoms with van der Waals surface area (Å²) in [5.74, 6) is 0. The Bertz CT molecular complexity index is 144. The molecule has 1 aliphatic rings. The van der Waals surface area contributed by atoms with Crippen molar-refractivity contribution in [2.45, 2.75) is 57.9 Å². The lowest BCUT2D eigenvalue weighted by molar-refractivity contribution is 0.157. The van der Waals surface area contributed by atoms with E-state index in [-0.39, 0.29) is 0 Å². The summed E-state index contributed by atoms with van der Waals surface area (Å²) in [6.45, 7) is 2.99. The molecule has 0 aromatic rings. The van der Waals surface area contributed by atoms with E-state index in [0.29, 0.717) is 6.04 Å². The summed E-state index contributed by atoms with van der Waals surface area (Å²) in [6.07, 6.45) is 8.41. The van der Waals surface area contributed by atoms with Gasteiger partial charge in [-0.2, -0.15) is 0 Å². The van der Waals surface area contributed by atoms with Crippen LogP contribution in [0.25, 0.3) is 0 Å². The standard InChI is InChI=1S/C10H20N2O/c1-2-3-9-12(11-13)10-7-5-4-6-8-10/h10H,2-9H2,1H3. The molecule has 0 unspecified atom stereocenters. The van der Waals surface area contributed by atoms with Crippen LogP contribution in [0, 0.1) is 4.91 Å². The minimum Gasteiger partial charge on any atom is -0.258 e. The van der Waals surface area contributed by atoms with E-state index in [9.17, 15) is 4.91 Å². The fourth-order valence-corrected chi connectivity index (χ4v) is 1.99. The van der Waals surface area contributed by atoms with Gasteiger partial charge < -0.3 is 0 Å². The molecule has 76 valence electrons. The van der Waals surface area contributed by atoms with Gasteiger partial charge in [0.05, 0.1) is 11.3 Å². The van der Waals surface area contributed by atoms with Gasteiger partial charge in [0.1, 0.15) is 0 Å². The maximum absolute atomic E-state index is 10.6. The van der Waals surface area contributed by atoms with E-state index in [1.54, 1.807) is 5.01 Å². The molecule has 1 fully saturated rings. The average molecular weight is 184 g/mol. The van der Waals surface area contributed by atoms with E-state index in [4.69, 9.17) is 0 Å². The van der Waals surface area contributed by atoms with Crippen molar-refractivity contribution in [1.29, 1.82) is 0 Å². The largest absolute Gasteiger partial charge is 0.258 e. The average Bonchev–Trinajstić information content (AvgIpc) is 2.21. The summed E-state index contributed by atoms with van der Waals surface area (Å²) in [5.41, 5.74) is 0. The zero-order chi connectivity index (χ0) is 9.52. The van der Waals surface area contributed by atoms with Crippen LogP contribution < -0.4 is 0 Å². The molecule has 1 rings (SSSR count).